The molecule has 6 nitrogen and oxygen atoms in total. The van der Waals surface area contributed by atoms with E-state index in [0.717, 1.165) is 22.6 Å². The van der Waals surface area contributed by atoms with E-state index in [1.807, 2.05) is 54.7 Å². The highest BCUT2D eigenvalue weighted by Gasteiger charge is 2.15. The Morgan fingerprint density at radius 2 is 1.85 bits per heavy atom. The fourth-order valence-corrected chi connectivity index (χ4v) is 2.64. The van der Waals surface area contributed by atoms with Gasteiger partial charge in [0, 0.05) is 30.6 Å². The van der Waals surface area contributed by atoms with Crippen LogP contribution in [0.25, 0.3) is 11.3 Å². The van der Waals surface area contributed by atoms with Gasteiger partial charge in [0.25, 0.3) is 0 Å². The zero-order chi connectivity index (χ0) is 19.1. The lowest BCUT2D eigenvalue weighted by Gasteiger charge is -2.20. The summed E-state index contributed by atoms with van der Waals surface area (Å²) < 4.78 is 0. The number of benzene rings is 1. The van der Waals surface area contributed by atoms with Crippen LogP contribution in [0.4, 0.5) is 11.8 Å². The molecule has 0 radical (unpaired) electrons. The number of aliphatic hydroxyl groups is 1. The van der Waals surface area contributed by atoms with E-state index in [4.69, 9.17) is 0 Å². The smallest absolute Gasteiger partial charge is 0.225 e. The van der Waals surface area contributed by atoms with Crippen LogP contribution >= 0.6 is 0 Å². The van der Waals surface area contributed by atoms with Crippen LogP contribution < -0.4 is 10.6 Å². The molecule has 1 atom stereocenters. The van der Waals surface area contributed by atoms with Gasteiger partial charge in [-0.2, -0.15) is 4.98 Å². The molecule has 0 saturated carbocycles. The maximum Gasteiger partial charge on any atom is 0.225 e. The van der Waals surface area contributed by atoms with E-state index in [1.54, 1.807) is 6.20 Å². The Labute approximate surface area is 159 Å². The number of nitrogens with one attached hydrogen (secondary N) is 2. The number of hydrogen-bond donors (Lipinski definition) is 3. The molecule has 0 amide bonds. The molecule has 0 spiro atoms. The van der Waals surface area contributed by atoms with Crippen LogP contribution in [0, 0.1) is 5.92 Å². The van der Waals surface area contributed by atoms with Crippen molar-refractivity contribution in [3.8, 4) is 11.3 Å². The van der Waals surface area contributed by atoms with Crippen LogP contribution in [0.3, 0.4) is 0 Å². The van der Waals surface area contributed by atoms with Crippen molar-refractivity contribution in [3.63, 3.8) is 0 Å². The molecular weight excluding hydrogens is 338 g/mol. The molecule has 0 aliphatic rings. The molecule has 2 heterocycles. The molecular formula is C21H25N5O. The average Bonchev–Trinajstić information content (AvgIpc) is 2.71. The fourth-order valence-electron chi connectivity index (χ4n) is 2.64. The van der Waals surface area contributed by atoms with Gasteiger partial charge in [0.05, 0.1) is 18.3 Å². The monoisotopic (exact) mass is 363 g/mol. The Bertz CT molecular complexity index is 840. The number of pyridine rings is 1. The SMILES string of the molecule is CC(C)[C@@H](CO)Nc1nc(NCc2cccnc2)cc(-c2ccccc2)n1. The molecule has 0 aliphatic carbocycles. The van der Waals surface area contributed by atoms with Crippen molar-refractivity contribution in [2.75, 3.05) is 17.2 Å². The summed E-state index contributed by atoms with van der Waals surface area (Å²) in [6, 6.07) is 15.7. The fraction of sp³-hybridized carbons (Fsp3) is 0.286. The van der Waals surface area contributed by atoms with Crippen LogP contribution in [-0.2, 0) is 6.54 Å². The number of aliphatic hydroxyl groups excluding tert-OH is 1. The summed E-state index contributed by atoms with van der Waals surface area (Å²) in [6.07, 6.45) is 3.58. The summed E-state index contributed by atoms with van der Waals surface area (Å²) in [7, 11) is 0. The van der Waals surface area contributed by atoms with Gasteiger partial charge in [-0.1, -0.05) is 50.2 Å². The standard InChI is InChI=1S/C21H25N5O/c1-15(2)19(14-27)25-21-24-18(17-8-4-3-5-9-17)11-20(26-21)23-13-16-7-6-10-22-12-16/h3-12,15,19,27H,13-14H2,1-2H3,(H2,23,24,25,26)/t19-/m1/s1. The van der Waals surface area contributed by atoms with Crippen molar-refractivity contribution in [1.29, 1.82) is 0 Å². The molecule has 1 aromatic carbocycles. The molecule has 3 rings (SSSR count). The van der Waals surface area contributed by atoms with E-state index in [0.29, 0.717) is 12.5 Å². The van der Waals surface area contributed by atoms with Gasteiger partial charge in [0.1, 0.15) is 5.82 Å². The lowest BCUT2D eigenvalue weighted by molar-refractivity contribution is 0.248. The topological polar surface area (TPSA) is 83.0 Å². The molecule has 0 bridgehead atoms. The molecule has 0 unspecified atom stereocenters. The van der Waals surface area contributed by atoms with Crippen molar-refractivity contribution < 1.29 is 5.11 Å². The van der Waals surface area contributed by atoms with E-state index in [9.17, 15) is 5.11 Å². The zero-order valence-corrected chi connectivity index (χ0v) is 15.6. The van der Waals surface area contributed by atoms with E-state index in [1.165, 1.54) is 0 Å². The van der Waals surface area contributed by atoms with E-state index in [2.05, 4.69) is 39.4 Å². The quantitative estimate of drug-likeness (QED) is 0.567. The van der Waals surface area contributed by atoms with Gasteiger partial charge in [-0.15, -0.1) is 0 Å². The third kappa shape index (κ3) is 5.24. The molecule has 0 aliphatic heterocycles. The van der Waals surface area contributed by atoms with Crippen LogP contribution in [0.1, 0.15) is 19.4 Å². The first-order valence-electron chi connectivity index (χ1n) is 9.10. The Hall–Kier alpha value is -2.99. The number of nitrogens with zero attached hydrogens (tertiary/aromatic N) is 3. The molecule has 0 fully saturated rings. The molecule has 6 heteroatoms. The molecule has 2 aromatic heterocycles. The average molecular weight is 363 g/mol. The van der Waals surface area contributed by atoms with E-state index < -0.39 is 0 Å². The van der Waals surface area contributed by atoms with Gasteiger partial charge < -0.3 is 15.7 Å². The number of aromatic nitrogens is 3. The molecule has 140 valence electrons. The van der Waals surface area contributed by atoms with Crippen molar-refractivity contribution in [2.24, 2.45) is 5.92 Å². The normalized spacial score (nSPS) is 12.0. The largest absolute Gasteiger partial charge is 0.394 e. The van der Waals surface area contributed by atoms with Gasteiger partial charge in [0.15, 0.2) is 0 Å². The van der Waals surface area contributed by atoms with E-state index in [-0.39, 0.29) is 18.6 Å². The minimum atomic E-state index is -0.109. The van der Waals surface area contributed by atoms with Gasteiger partial charge >= 0.3 is 0 Å². The second kappa shape index (κ2) is 9.09. The van der Waals surface area contributed by atoms with Crippen LogP contribution in [0.15, 0.2) is 60.9 Å². The number of anilines is 2. The van der Waals surface area contributed by atoms with Gasteiger partial charge in [-0.25, -0.2) is 4.98 Å². The lowest BCUT2D eigenvalue weighted by atomic mass is 10.1. The van der Waals surface area contributed by atoms with Crippen LogP contribution in [0.5, 0.6) is 0 Å². The van der Waals surface area contributed by atoms with Gasteiger partial charge in [-0.3, -0.25) is 4.98 Å². The summed E-state index contributed by atoms with van der Waals surface area (Å²) in [5, 5.41) is 16.2. The first-order chi connectivity index (χ1) is 13.2. The summed E-state index contributed by atoms with van der Waals surface area (Å²) in [5.41, 5.74) is 2.90. The molecule has 0 saturated heterocycles. The van der Waals surface area contributed by atoms with Gasteiger partial charge in [-0.05, 0) is 17.5 Å². The summed E-state index contributed by atoms with van der Waals surface area (Å²) in [4.78, 5) is 13.4. The predicted octanol–water partition coefficient (Wildman–Crippen LogP) is 3.58. The third-order valence-corrected chi connectivity index (χ3v) is 4.31. The second-order valence-electron chi connectivity index (χ2n) is 6.72. The minimum Gasteiger partial charge on any atom is -0.394 e. The first kappa shape index (κ1) is 18.8. The van der Waals surface area contributed by atoms with Gasteiger partial charge in [0.2, 0.25) is 5.95 Å². The molecule has 3 N–H and O–H groups in total. The Morgan fingerprint density at radius 1 is 1.04 bits per heavy atom. The third-order valence-electron chi connectivity index (χ3n) is 4.31. The highest BCUT2D eigenvalue weighted by Crippen LogP contribution is 2.22. The zero-order valence-electron chi connectivity index (χ0n) is 15.6. The van der Waals surface area contributed by atoms with E-state index >= 15 is 0 Å². The minimum absolute atomic E-state index is 0.0229. The molecule has 3 aromatic rings. The maximum absolute atomic E-state index is 9.62. The first-order valence-corrected chi connectivity index (χ1v) is 9.10. The van der Waals surface area contributed by atoms with Crippen molar-refractivity contribution in [2.45, 2.75) is 26.4 Å². The summed E-state index contributed by atoms with van der Waals surface area (Å²) >= 11 is 0. The highest BCUT2D eigenvalue weighted by atomic mass is 16.3. The number of rotatable bonds is 8. The Kier molecular flexibility index (Phi) is 6.33. The van der Waals surface area contributed by atoms with Crippen molar-refractivity contribution in [3.05, 3.63) is 66.5 Å². The number of hydrogen-bond acceptors (Lipinski definition) is 6. The van der Waals surface area contributed by atoms with Crippen molar-refractivity contribution >= 4 is 11.8 Å². The summed E-state index contributed by atoms with van der Waals surface area (Å²) in [5.74, 6) is 1.47. The molecule has 27 heavy (non-hydrogen) atoms. The Balaban J connectivity index is 1.88. The van der Waals surface area contributed by atoms with Crippen molar-refractivity contribution in [1.82, 2.24) is 15.0 Å². The summed E-state index contributed by atoms with van der Waals surface area (Å²) in [6.45, 7) is 4.74. The predicted molar refractivity (Wildman–Crippen MR) is 108 cm³/mol. The lowest BCUT2D eigenvalue weighted by Crippen LogP contribution is -2.30. The van der Waals surface area contributed by atoms with Crippen LogP contribution in [-0.4, -0.2) is 32.7 Å². The maximum atomic E-state index is 9.62. The van der Waals surface area contributed by atoms with Crippen LogP contribution in [0.2, 0.25) is 0 Å². The highest BCUT2D eigenvalue weighted by molar-refractivity contribution is 5.64. The second-order valence-corrected chi connectivity index (χ2v) is 6.72. The Morgan fingerprint density at radius 3 is 2.52 bits per heavy atom.